The summed E-state index contributed by atoms with van der Waals surface area (Å²) in [5.41, 5.74) is 1.60. The number of amides is 1. The van der Waals surface area contributed by atoms with Gasteiger partial charge in [0.15, 0.2) is 4.32 Å². The zero-order valence-corrected chi connectivity index (χ0v) is 21.4. The molecule has 1 heterocycles. The zero-order chi connectivity index (χ0) is 25.2. The lowest BCUT2D eigenvalue weighted by Crippen LogP contribution is -2.48. The Morgan fingerprint density at radius 1 is 1.06 bits per heavy atom. The first-order valence-electron chi connectivity index (χ1n) is 12.3. The molecule has 0 unspecified atom stereocenters. The van der Waals surface area contributed by atoms with Gasteiger partial charge in [0.1, 0.15) is 5.75 Å². The van der Waals surface area contributed by atoms with Gasteiger partial charge in [-0.1, -0.05) is 36.1 Å². The van der Waals surface area contributed by atoms with Gasteiger partial charge in [0, 0.05) is 5.56 Å². The molecular formula is C28H26F3NO2S2. The van der Waals surface area contributed by atoms with Crippen molar-refractivity contribution in [3.8, 4) is 5.75 Å². The minimum Gasteiger partial charge on any atom is -0.496 e. The Kier molecular flexibility index (Phi) is 5.76. The molecule has 7 rings (SSSR count). The van der Waals surface area contributed by atoms with Gasteiger partial charge in [-0.3, -0.25) is 9.69 Å². The normalized spacial score (nSPS) is 30.5. The summed E-state index contributed by atoms with van der Waals surface area (Å²) in [4.78, 5) is 14.9. The SMILES string of the molecule is COc1ccc(C23CC4CC(CC(C4)C2)C3)cc1/C=C1\SC(=S)N(c2cccc(C(F)(F)F)c2)C1=O. The maximum absolute atomic E-state index is 13.3. The summed E-state index contributed by atoms with van der Waals surface area (Å²) in [6.45, 7) is 0. The maximum atomic E-state index is 13.3. The fraction of sp³-hybridized carbons (Fsp3) is 0.429. The molecule has 4 bridgehead atoms. The first-order valence-corrected chi connectivity index (χ1v) is 13.5. The van der Waals surface area contributed by atoms with Crippen LogP contribution in [0, 0.1) is 17.8 Å². The second kappa shape index (κ2) is 8.62. The van der Waals surface area contributed by atoms with Gasteiger partial charge in [0.25, 0.3) is 5.91 Å². The number of carbonyl (C=O) groups is 1. The fourth-order valence-electron chi connectivity index (χ4n) is 7.29. The number of methoxy groups -OCH3 is 1. The molecule has 36 heavy (non-hydrogen) atoms. The Morgan fingerprint density at radius 3 is 2.33 bits per heavy atom. The second-order valence-electron chi connectivity index (χ2n) is 10.7. The van der Waals surface area contributed by atoms with Crippen molar-refractivity contribution in [2.24, 2.45) is 17.8 Å². The molecule has 2 aromatic carbocycles. The maximum Gasteiger partial charge on any atom is 0.416 e. The van der Waals surface area contributed by atoms with E-state index in [0.29, 0.717) is 10.7 Å². The van der Waals surface area contributed by atoms with Crippen molar-refractivity contribution in [3.05, 3.63) is 64.1 Å². The molecule has 3 nitrogen and oxygen atoms in total. The van der Waals surface area contributed by atoms with E-state index in [4.69, 9.17) is 17.0 Å². The first kappa shape index (κ1) is 24.0. The average Bonchev–Trinajstić information content (AvgIpc) is 3.10. The van der Waals surface area contributed by atoms with Crippen LogP contribution in [0.2, 0.25) is 0 Å². The van der Waals surface area contributed by atoms with Gasteiger partial charge < -0.3 is 4.74 Å². The summed E-state index contributed by atoms with van der Waals surface area (Å²) in [6.07, 6.45) is 5.03. The number of rotatable bonds is 4. The third kappa shape index (κ3) is 4.06. The van der Waals surface area contributed by atoms with Crippen molar-refractivity contribution < 1.29 is 22.7 Å². The summed E-state index contributed by atoms with van der Waals surface area (Å²) >= 11 is 6.51. The lowest BCUT2D eigenvalue weighted by atomic mass is 9.48. The van der Waals surface area contributed by atoms with E-state index < -0.39 is 17.6 Å². The minimum atomic E-state index is -4.50. The van der Waals surface area contributed by atoms with Crippen LogP contribution in [-0.2, 0) is 16.4 Å². The molecule has 0 N–H and O–H groups in total. The van der Waals surface area contributed by atoms with E-state index in [2.05, 4.69) is 12.1 Å². The molecule has 5 fully saturated rings. The number of hydrogen-bond donors (Lipinski definition) is 0. The van der Waals surface area contributed by atoms with Crippen LogP contribution in [0.4, 0.5) is 18.9 Å². The Hall–Kier alpha value is -2.32. The van der Waals surface area contributed by atoms with Gasteiger partial charge in [-0.05, 0) is 104 Å². The molecule has 0 aromatic heterocycles. The third-order valence-electron chi connectivity index (χ3n) is 8.39. The largest absolute Gasteiger partial charge is 0.496 e. The van der Waals surface area contributed by atoms with E-state index in [0.717, 1.165) is 47.2 Å². The average molecular weight is 530 g/mol. The van der Waals surface area contributed by atoms with Gasteiger partial charge >= 0.3 is 6.18 Å². The summed E-state index contributed by atoms with van der Waals surface area (Å²) in [5, 5.41) is 0. The van der Waals surface area contributed by atoms with E-state index in [1.54, 1.807) is 13.2 Å². The molecule has 1 amide bonds. The number of nitrogens with zero attached hydrogens (tertiary/aromatic N) is 1. The van der Waals surface area contributed by atoms with E-state index in [-0.39, 0.29) is 15.4 Å². The summed E-state index contributed by atoms with van der Waals surface area (Å²) in [7, 11) is 1.60. The van der Waals surface area contributed by atoms with Gasteiger partial charge in [0.2, 0.25) is 0 Å². The molecule has 4 saturated carbocycles. The Bertz CT molecular complexity index is 1250. The highest BCUT2D eigenvalue weighted by Crippen LogP contribution is 2.61. The monoisotopic (exact) mass is 529 g/mol. The van der Waals surface area contributed by atoms with Crippen molar-refractivity contribution in [2.45, 2.75) is 50.1 Å². The molecular weight excluding hydrogens is 503 g/mol. The quantitative estimate of drug-likeness (QED) is 0.302. The van der Waals surface area contributed by atoms with Crippen LogP contribution < -0.4 is 9.64 Å². The van der Waals surface area contributed by atoms with Crippen LogP contribution in [0.1, 0.15) is 55.2 Å². The lowest BCUT2D eigenvalue weighted by Gasteiger charge is -2.57. The molecule has 1 aliphatic heterocycles. The first-order chi connectivity index (χ1) is 17.1. The smallest absolute Gasteiger partial charge is 0.416 e. The Morgan fingerprint density at radius 2 is 1.72 bits per heavy atom. The lowest BCUT2D eigenvalue weighted by molar-refractivity contribution is -0.137. The van der Waals surface area contributed by atoms with Gasteiger partial charge in [-0.2, -0.15) is 13.2 Å². The van der Waals surface area contributed by atoms with E-state index in [1.807, 2.05) is 6.07 Å². The van der Waals surface area contributed by atoms with Crippen LogP contribution in [0.5, 0.6) is 5.75 Å². The van der Waals surface area contributed by atoms with Crippen LogP contribution >= 0.6 is 24.0 Å². The van der Waals surface area contributed by atoms with Crippen molar-refractivity contribution in [3.63, 3.8) is 0 Å². The molecule has 1 saturated heterocycles. The van der Waals surface area contributed by atoms with Crippen LogP contribution in [0.15, 0.2) is 47.4 Å². The highest BCUT2D eigenvalue weighted by atomic mass is 32.2. The molecule has 2 aromatic rings. The van der Waals surface area contributed by atoms with Crippen molar-refractivity contribution in [1.82, 2.24) is 0 Å². The van der Waals surface area contributed by atoms with Crippen LogP contribution in [-0.4, -0.2) is 17.3 Å². The highest BCUT2D eigenvalue weighted by Gasteiger charge is 2.51. The number of thiocarbonyl (C=S) groups is 1. The number of thioether (sulfide) groups is 1. The number of halogens is 3. The summed E-state index contributed by atoms with van der Waals surface area (Å²) in [6, 6.07) is 11.0. The van der Waals surface area contributed by atoms with Crippen LogP contribution in [0.3, 0.4) is 0 Å². The Balaban J connectivity index is 1.34. The molecule has 0 radical (unpaired) electrons. The predicted molar refractivity (Wildman–Crippen MR) is 140 cm³/mol. The second-order valence-corrected chi connectivity index (χ2v) is 12.4. The van der Waals surface area contributed by atoms with E-state index in [1.165, 1.54) is 61.1 Å². The number of ether oxygens (including phenoxy) is 1. The standard InChI is InChI=1S/C28H26F3NO2S2/c1-34-23-6-5-20(27-13-16-7-17(14-27)9-18(8-16)15-27)10-19(23)11-24-25(33)32(26(35)36-24)22-4-2-3-21(12-22)28(29,30)31/h2-6,10-12,16-18H,7-9,13-15H2,1H3/b24-11-. The van der Waals surface area contributed by atoms with Gasteiger partial charge in [0.05, 0.1) is 23.3 Å². The van der Waals surface area contributed by atoms with Crippen molar-refractivity contribution in [2.75, 3.05) is 12.0 Å². The van der Waals surface area contributed by atoms with Gasteiger partial charge in [-0.25, -0.2) is 0 Å². The van der Waals surface area contributed by atoms with Crippen molar-refractivity contribution >= 4 is 46.0 Å². The summed E-state index contributed by atoms with van der Waals surface area (Å²) < 4.78 is 45.5. The fourth-order valence-corrected chi connectivity index (χ4v) is 8.58. The molecule has 0 atom stereocenters. The topological polar surface area (TPSA) is 29.5 Å². The number of carbonyl (C=O) groups excluding carboxylic acids is 1. The number of alkyl halides is 3. The summed E-state index contributed by atoms with van der Waals surface area (Å²) in [5.74, 6) is 2.67. The number of anilines is 1. The van der Waals surface area contributed by atoms with Crippen LogP contribution in [0.25, 0.3) is 6.08 Å². The molecule has 5 aliphatic rings. The highest BCUT2D eigenvalue weighted by molar-refractivity contribution is 8.27. The Labute approximate surface area is 218 Å². The molecule has 188 valence electrons. The number of hydrogen-bond acceptors (Lipinski definition) is 4. The molecule has 0 spiro atoms. The van der Waals surface area contributed by atoms with E-state index >= 15 is 0 Å². The van der Waals surface area contributed by atoms with E-state index in [9.17, 15) is 18.0 Å². The third-order valence-corrected chi connectivity index (χ3v) is 9.69. The predicted octanol–water partition coefficient (Wildman–Crippen LogP) is 7.59. The zero-order valence-electron chi connectivity index (χ0n) is 19.8. The minimum absolute atomic E-state index is 0.116. The molecule has 4 aliphatic carbocycles. The van der Waals surface area contributed by atoms with Crippen molar-refractivity contribution in [1.29, 1.82) is 0 Å². The molecule has 8 heteroatoms. The number of benzene rings is 2. The van der Waals surface area contributed by atoms with Gasteiger partial charge in [-0.15, -0.1) is 0 Å².